The monoisotopic (exact) mass is 200 g/mol. The van der Waals surface area contributed by atoms with Crippen molar-refractivity contribution in [2.45, 2.75) is 19.6 Å². The lowest BCUT2D eigenvalue weighted by molar-refractivity contribution is -0.189. The van der Waals surface area contributed by atoms with Gasteiger partial charge < -0.3 is 14.2 Å². The summed E-state index contributed by atoms with van der Waals surface area (Å²) in [5.41, 5.74) is 0. The first-order valence-corrected chi connectivity index (χ1v) is 4.23. The summed E-state index contributed by atoms with van der Waals surface area (Å²) >= 11 is 0. The van der Waals surface area contributed by atoms with E-state index in [-0.39, 0.29) is 13.2 Å². The molecular formula is C10H16O4. The molecule has 0 amide bonds. The molecule has 0 spiro atoms. The zero-order valence-electron chi connectivity index (χ0n) is 8.62. The summed E-state index contributed by atoms with van der Waals surface area (Å²) in [4.78, 5) is 10.6. The zero-order valence-corrected chi connectivity index (χ0v) is 8.62. The fraction of sp³-hybridized carbons (Fsp3) is 0.500. The van der Waals surface area contributed by atoms with Crippen LogP contribution in [0.5, 0.6) is 0 Å². The van der Waals surface area contributed by atoms with Gasteiger partial charge in [-0.2, -0.15) is 0 Å². The van der Waals surface area contributed by atoms with Gasteiger partial charge in [0.05, 0.1) is 12.9 Å². The molecule has 14 heavy (non-hydrogen) atoms. The van der Waals surface area contributed by atoms with Gasteiger partial charge in [0.15, 0.2) is 0 Å². The van der Waals surface area contributed by atoms with Crippen molar-refractivity contribution in [2.75, 3.05) is 13.2 Å². The molecule has 0 radical (unpaired) electrons. The molecule has 0 aliphatic rings. The van der Waals surface area contributed by atoms with Crippen LogP contribution in [0.3, 0.4) is 0 Å². The van der Waals surface area contributed by atoms with Crippen molar-refractivity contribution in [1.29, 1.82) is 0 Å². The lowest BCUT2D eigenvalue weighted by Gasteiger charge is -2.24. The average molecular weight is 200 g/mol. The summed E-state index contributed by atoms with van der Waals surface area (Å²) < 4.78 is 15.0. The van der Waals surface area contributed by atoms with E-state index in [9.17, 15) is 4.79 Å². The number of hydrogen-bond donors (Lipinski definition) is 0. The van der Waals surface area contributed by atoms with Crippen molar-refractivity contribution in [1.82, 2.24) is 0 Å². The fourth-order valence-electron chi connectivity index (χ4n) is 0.723. The second kappa shape index (κ2) is 6.21. The maximum Gasteiger partial charge on any atom is 0.330 e. The minimum Gasteiger partial charge on any atom is -0.471 e. The number of carbonyl (C=O) groups excluding carboxylic acids is 1. The Balaban J connectivity index is 3.57. The smallest absolute Gasteiger partial charge is 0.330 e. The van der Waals surface area contributed by atoms with Gasteiger partial charge in [-0.15, -0.1) is 0 Å². The molecule has 4 nitrogen and oxygen atoms in total. The van der Waals surface area contributed by atoms with Gasteiger partial charge >= 0.3 is 5.97 Å². The Hall–Kier alpha value is -1.29. The van der Waals surface area contributed by atoms with Crippen molar-refractivity contribution in [2.24, 2.45) is 0 Å². The SMILES string of the molecule is C=COC(C)(C)OCCOC(=O)C=C. The molecule has 0 N–H and O–H groups in total. The molecule has 0 aromatic rings. The Morgan fingerprint density at radius 2 is 2.00 bits per heavy atom. The molecule has 80 valence electrons. The molecule has 0 rings (SSSR count). The standard InChI is InChI=1S/C10H16O4/c1-5-9(11)12-7-8-14-10(3,4)13-6-2/h5-6H,1-2,7-8H2,3-4H3. The van der Waals surface area contributed by atoms with Gasteiger partial charge in [0.2, 0.25) is 5.79 Å². The van der Waals surface area contributed by atoms with Crippen LogP contribution in [-0.4, -0.2) is 25.0 Å². The predicted molar refractivity (Wildman–Crippen MR) is 52.5 cm³/mol. The highest BCUT2D eigenvalue weighted by Gasteiger charge is 2.17. The average Bonchev–Trinajstić information content (AvgIpc) is 2.12. The van der Waals surface area contributed by atoms with Crippen LogP contribution in [0.4, 0.5) is 0 Å². The summed E-state index contributed by atoms with van der Waals surface area (Å²) in [6.07, 6.45) is 2.40. The van der Waals surface area contributed by atoms with E-state index in [0.29, 0.717) is 0 Å². The van der Waals surface area contributed by atoms with E-state index in [1.54, 1.807) is 13.8 Å². The third-order valence-electron chi connectivity index (χ3n) is 1.31. The van der Waals surface area contributed by atoms with Gasteiger partial charge in [-0.25, -0.2) is 4.79 Å². The van der Waals surface area contributed by atoms with Crippen LogP contribution in [-0.2, 0) is 19.0 Å². The van der Waals surface area contributed by atoms with Crippen molar-refractivity contribution < 1.29 is 19.0 Å². The van der Waals surface area contributed by atoms with E-state index in [1.165, 1.54) is 6.26 Å². The van der Waals surface area contributed by atoms with Gasteiger partial charge in [0, 0.05) is 19.9 Å². The molecule has 4 heteroatoms. The molecule has 0 saturated carbocycles. The molecular weight excluding hydrogens is 184 g/mol. The summed E-state index contributed by atoms with van der Waals surface area (Å²) in [5.74, 6) is -1.21. The second-order valence-corrected chi connectivity index (χ2v) is 2.90. The van der Waals surface area contributed by atoms with Crippen LogP contribution >= 0.6 is 0 Å². The van der Waals surface area contributed by atoms with Gasteiger partial charge in [0.25, 0.3) is 0 Å². The largest absolute Gasteiger partial charge is 0.471 e. The highest BCUT2D eigenvalue weighted by atomic mass is 16.7. The third-order valence-corrected chi connectivity index (χ3v) is 1.31. The number of ether oxygens (including phenoxy) is 3. The number of carbonyl (C=O) groups is 1. The summed E-state index contributed by atoms with van der Waals surface area (Å²) in [6, 6.07) is 0. The van der Waals surface area contributed by atoms with Crippen LogP contribution in [0, 0.1) is 0 Å². The molecule has 0 aromatic carbocycles. The summed E-state index contributed by atoms with van der Waals surface area (Å²) in [6.45, 7) is 10.6. The van der Waals surface area contributed by atoms with E-state index in [1.807, 2.05) is 0 Å². The molecule has 0 fully saturated rings. The maximum absolute atomic E-state index is 10.6. The van der Waals surface area contributed by atoms with Crippen molar-refractivity contribution in [3.8, 4) is 0 Å². The quantitative estimate of drug-likeness (QED) is 0.206. The summed E-state index contributed by atoms with van der Waals surface area (Å²) in [7, 11) is 0. The van der Waals surface area contributed by atoms with Crippen molar-refractivity contribution in [3.63, 3.8) is 0 Å². The van der Waals surface area contributed by atoms with E-state index < -0.39 is 11.8 Å². The van der Waals surface area contributed by atoms with Crippen LogP contribution in [0.15, 0.2) is 25.5 Å². The molecule has 0 aliphatic carbocycles. The van der Waals surface area contributed by atoms with Crippen LogP contribution in [0.25, 0.3) is 0 Å². The lowest BCUT2D eigenvalue weighted by atomic mass is 10.4. The molecule has 0 heterocycles. The number of hydrogen-bond acceptors (Lipinski definition) is 4. The fourth-order valence-corrected chi connectivity index (χ4v) is 0.723. The highest BCUT2D eigenvalue weighted by Crippen LogP contribution is 2.10. The molecule has 0 bridgehead atoms. The van der Waals surface area contributed by atoms with E-state index in [0.717, 1.165) is 6.08 Å². The Bertz CT molecular complexity index is 208. The minimum atomic E-state index is -0.748. The van der Waals surface area contributed by atoms with E-state index >= 15 is 0 Å². The summed E-state index contributed by atoms with van der Waals surface area (Å²) in [5, 5.41) is 0. The van der Waals surface area contributed by atoms with Gasteiger partial charge in [-0.1, -0.05) is 13.2 Å². The molecule has 0 aliphatic heterocycles. The number of rotatable bonds is 7. The van der Waals surface area contributed by atoms with Gasteiger partial charge in [0.1, 0.15) is 6.61 Å². The maximum atomic E-state index is 10.6. The minimum absolute atomic E-state index is 0.175. The number of esters is 1. The van der Waals surface area contributed by atoms with Crippen molar-refractivity contribution in [3.05, 3.63) is 25.5 Å². The first-order valence-electron chi connectivity index (χ1n) is 4.23. The van der Waals surface area contributed by atoms with Crippen molar-refractivity contribution >= 4 is 5.97 Å². The normalized spacial score (nSPS) is 10.4. The Kier molecular flexibility index (Phi) is 5.64. The molecule has 0 unspecified atom stereocenters. The van der Waals surface area contributed by atoms with E-state index in [4.69, 9.17) is 14.2 Å². The lowest BCUT2D eigenvalue weighted by Crippen LogP contribution is -2.28. The first-order chi connectivity index (χ1) is 6.52. The zero-order chi connectivity index (χ0) is 11.0. The predicted octanol–water partition coefficient (Wildman–Crippen LogP) is 1.63. The Morgan fingerprint density at radius 1 is 1.36 bits per heavy atom. The van der Waals surface area contributed by atoms with Gasteiger partial charge in [-0.3, -0.25) is 0 Å². The Labute approximate surface area is 84.1 Å². The van der Waals surface area contributed by atoms with Crippen LogP contribution < -0.4 is 0 Å². The molecule has 0 aromatic heterocycles. The van der Waals surface area contributed by atoms with Crippen LogP contribution in [0.1, 0.15) is 13.8 Å². The van der Waals surface area contributed by atoms with Crippen LogP contribution in [0.2, 0.25) is 0 Å². The third kappa shape index (κ3) is 6.25. The van der Waals surface area contributed by atoms with E-state index in [2.05, 4.69) is 13.2 Å². The second-order valence-electron chi connectivity index (χ2n) is 2.90. The first kappa shape index (κ1) is 12.7. The van der Waals surface area contributed by atoms with Gasteiger partial charge in [-0.05, 0) is 0 Å². The molecule has 0 saturated heterocycles. The molecule has 0 atom stereocenters. The topological polar surface area (TPSA) is 44.8 Å². The Morgan fingerprint density at radius 3 is 2.50 bits per heavy atom. The highest BCUT2D eigenvalue weighted by molar-refractivity contribution is 5.81.